The summed E-state index contributed by atoms with van der Waals surface area (Å²) in [6, 6.07) is 11.8. The Labute approximate surface area is 194 Å². The quantitative estimate of drug-likeness (QED) is 0.453. The maximum atomic E-state index is 13.2. The van der Waals surface area contributed by atoms with Crippen LogP contribution >= 0.6 is 0 Å². The topological polar surface area (TPSA) is 120 Å². The van der Waals surface area contributed by atoms with Crippen LogP contribution in [0.4, 0.5) is 5.69 Å². The minimum atomic E-state index is -0.589. The zero-order valence-corrected chi connectivity index (χ0v) is 19.5. The molecule has 2 amide bonds. The van der Waals surface area contributed by atoms with E-state index in [1.165, 1.54) is 28.1 Å². The van der Waals surface area contributed by atoms with E-state index in [1.54, 1.807) is 18.2 Å². The van der Waals surface area contributed by atoms with Gasteiger partial charge in [-0.1, -0.05) is 24.6 Å². The average molecular weight is 463 g/mol. The van der Waals surface area contributed by atoms with E-state index >= 15 is 0 Å². The zero-order chi connectivity index (χ0) is 24.6. The van der Waals surface area contributed by atoms with Gasteiger partial charge in [-0.25, -0.2) is 13.9 Å². The molecule has 0 saturated heterocycles. The molecule has 0 radical (unpaired) electrons. The molecule has 2 N–H and O–H groups in total. The van der Waals surface area contributed by atoms with Crippen molar-refractivity contribution in [3.63, 3.8) is 0 Å². The minimum absolute atomic E-state index is 0.0237. The van der Waals surface area contributed by atoms with Crippen molar-refractivity contribution in [1.82, 2.24) is 24.1 Å². The first-order valence-corrected chi connectivity index (χ1v) is 11.0. The number of carbonyl (C=O) groups excluding carboxylic acids is 2. The van der Waals surface area contributed by atoms with Crippen LogP contribution in [0, 0.1) is 6.92 Å². The number of hydrogen-bond donors (Lipinski definition) is 2. The molecule has 10 nitrogen and oxygen atoms in total. The predicted molar refractivity (Wildman–Crippen MR) is 129 cm³/mol. The number of nitrogens with one attached hydrogen (secondary N) is 2. The third-order valence-corrected chi connectivity index (χ3v) is 5.78. The molecule has 4 rings (SSSR count). The van der Waals surface area contributed by atoms with E-state index in [-0.39, 0.29) is 40.7 Å². The molecule has 0 aliphatic carbocycles. The number of hydrogen-bond acceptors (Lipinski definition) is 5. The molecule has 0 saturated carbocycles. The largest absolute Gasteiger partial charge is 0.352 e. The standard InChI is InChI=1S/C24H26N6O4/c1-5-15(3)25-21(32)16-8-11-18-19(12-16)30-23(28(4)22(18)33)27-29(24(30)34)13-20(31)26-17-9-6-14(2)7-10-17/h6-12,15H,5,13H2,1-4H3,(H,25,32)(H,26,31). The molecule has 0 bridgehead atoms. The maximum Gasteiger partial charge on any atom is 0.352 e. The monoisotopic (exact) mass is 462 g/mol. The van der Waals surface area contributed by atoms with Gasteiger partial charge in [0.05, 0.1) is 10.9 Å². The van der Waals surface area contributed by atoms with E-state index in [4.69, 9.17) is 0 Å². The van der Waals surface area contributed by atoms with Crippen molar-refractivity contribution in [2.45, 2.75) is 39.8 Å². The number of benzene rings is 2. The SMILES string of the molecule is CCC(C)NC(=O)c1ccc2c(=O)n(C)c3nn(CC(=O)Nc4ccc(C)cc4)c(=O)n3c2c1. The van der Waals surface area contributed by atoms with Crippen LogP contribution in [0.15, 0.2) is 52.1 Å². The van der Waals surface area contributed by atoms with Crippen molar-refractivity contribution in [3.8, 4) is 0 Å². The molecule has 2 aromatic heterocycles. The van der Waals surface area contributed by atoms with Crippen LogP contribution in [0.2, 0.25) is 0 Å². The number of fused-ring (bicyclic) bond motifs is 3. The summed E-state index contributed by atoms with van der Waals surface area (Å²) < 4.78 is 3.50. The second kappa shape index (κ2) is 8.97. The summed E-state index contributed by atoms with van der Waals surface area (Å²) in [5, 5.41) is 10.1. The summed E-state index contributed by atoms with van der Waals surface area (Å²) in [6.45, 7) is 5.46. The molecule has 34 heavy (non-hydrogen) atoms. The van der Waals surface area contributed by atoms with Gasteiger partial charge >= 0.3 is 5.69 Å². The summed E-state index contributed by atoms with van der Waals surface area (Å²) in [5.41, 5.74) is 1.28. The molecule has 2 aromatic carbocycles. The van der Waals surface area contributed by atoms with Crippen molar-refractivity contribution in [2.24, 2.45) is 7.05 Å². The van der Waals surface area contributed by atoms with Gasteiger partial charge in [0.1, 0.15) is 6.54 Å². The maximum absolute atomic E-state index is 13.2. The average Bonchev–Trinajstić information content (AvgIpc) is 3.14. The molecule has 1 unspecified atom stereocenters. The van der Waals surface area contributed by atoms with Crippen LogP contribution in [0.5, 0.6) is 0 Å². The number of aryl methyl sites for hydroxylation is 2. The van der Waals surface area contributed by atoms with E-state index in [2.05, 4.69) is 15.7 Å². The normalized spacial score (nSPS) is 12.1. The Morgan fingerprint density at radius 3 is 2.47 bits per heavy atom. The molecule has 0 aliphatic heterocycles. The number of amides is 2. The van der Waals surface area contributed by atoms with Gasteiger partial charge < -0.3 is 10.6 Å². The minimum Gasteiger partial charge on any atom is -0.350 e. The first-order valence-electron chi connectivity index (χ1n) is 11.0. The van der Waals surface area contributed by atoms with E-state index in [0.29, 0.717) is 11.3 Å². The van der Waals surface area contributed by atoms with Crippen LogP contribution in [0.25, 0.3) is 16.7 Å². The number of carbonyl (C=O) groups is 2. The predicted octanol–water partition coefficient (Wildman–Crippen LogP) is 1.82. The van der Waals surface area contributed by atoms with E-state index in [9.17, 15) is 19.2 Å². The highest BCUT2D eigenvalue weighted by atomic mass is 16.2. The Hall–Kier alpha value is -4.21. The zero-order valence-electron chi connectivity index (χ0n) is 19.5. The highest BCUT2D eigenvalue weighted by Gasteiger charge is 2.19. The van der Waals surface area contributed by atoms with Gasteiger partial charge in [-0.05, 0) is 50.6 Å². The lowest BCUT2D eigenvalue weighted by molar-refractivity contribution is -0.117. The van der Waals surface area contributed by atoms with Crippen LogP contribution in [-0.4, -0.2) is 36.6 Å². The Balaban J connectivity index is 1.76. The van der Waals surface area contributed by atoms with Crippen molar-refractivity contribution in [3.05, 3.63) is 74.4 Å². The van der Waals surface area contributed by atoms with E-state index in [1.807, 2.05) is 32.9 Å². The second-order valence-electron chi connectivity index (χ2n) is 8.37. The van der Waals surface area contributed by atoms with Gasteiger partial charge in [0, 0.05) is 24.3 Å². The lowest BCUT2D eigenvalue weighted by Gasteiger charge is -2.12. The Kier molecular flexibility index (Phi) is 6.06. The van der Waals surface area contributed by atoms with Gasteiger partial charge in [-0.15, -0.1) is 5.10 Å². The molecule has 0 spiro atoms. The number of rotatable bonds is 6. The molecule has 4 aromatic rings. The van der Waals surface area contributed by atoms with Crippen molar-refractivity contribution >= 4 is 34.2 Å². The Morgan fingerprint density at radius 2 is 1.79 bits per heavy atom. The Morgan fingerprint density at radius 1 is 1.09 bits per heavy atom. The molecule has 2 heterocycles. The first-order chi connectivity index (χ1) is 16.2. The fourth-order valence-corrected chi connectivity index (χ4v) is 3.62. The van der Waals surface area contributed by atoms with Crippen molar-refractivity contribution < 1.29 is 9.59 Å². The molecule has 0 aliphatic rings. The van der Waals surface area contributed by atoms with Crippen molar-refractivity contribution in [2.75, 3.05) is 5.32 Å². The lowest BCUT2D eigenvalue weighted by atomic mass is 10.1. The highest BCUT2D eigenvalue weighted by Crippen LogP contribution is 2.14. The van der Waals surface area contributed by atoms with Gasteiger partial charge in [0.15, 0.2) is 0 Å². The molecule has 1 atom stereocenters. The molecule has 0 fully saturated rings. The summed E-state index contributed by atoms with van der Waals surface area (Å²) in [5.74, 6) is -0.662. The first kappa shape index (κ1) is 23.0. The van der Waals surface area contributed by atoms with Crippen molar-refractivity contribution in [1.29, 1.82) is 0 Å². The van der Waals surface area contributed by atoms with Crippen LogP contribution in [-0.2, 0) is 18.4 Å². The number of anilines is 1. The second-order valence-corrected chi connectivity index (χ2v) is 8.37. The lowest BCUT2D eigenvalue weighted by Crippen LogP contribution is -2.32. The third-order valence-electron chi connectivity index (χ3n) is 5.78. The third kappa shape index (κ3) is 4.21. The molecule has 176 valence electrons. The molecular weight excluding hydrogens is 436 g/mol. The molecule has 10 heteroatoms. The van der Waals surface area contributed by atoms with Gasteiger partial charge in [-0.3, -0.25) is 19.0 Å². The summed E-state index contributed by atoms with van der Waals surface area (Å²) >= 11 is 0. The van der Waals surface area contributed by atoms with Crippen LogP contribution < -0.4 is 21.9 Å². The van der Waals surface area contributed by atoms with Crippen LogP contribution in [0.1, 0.15) is 36.2 Å². The number of aromatic nitrogens is 4. The van der Waals surface area contributed by atoms with E-state index in [0.717, 1.165) is 16.7 Å². The van der Waals surface area contributed by atoms with Gasteiger partial charge in [-0.2, -0.15) is 0 Å². The molecular formula is C24H26N6O4. The van der Waals surface area contributed by atoms with Gasteiger partial charge in [0.25, 0.3) is 11.5 Å². The fourth-order valence-electron chi connectivity index (χ4n) is 3.62. The Bertz CT molecular complexity index is 1530. The van der Waals surface area contributed by atoms with Gasteiger partial charge in [0.2, 0.25) is 11.7 Å². The summed E-state index contributed by atoms with van der Waals surface area (Å²) in [6.07, 6.45) is 0.765. The summed E-state index contributed by atoms with van der Waals surface area (Å²) in [7, 11) is 1.50. The summed E-state index contributed by atoms with van der Waals surface area (Å²) in [4.78, 5) is 51.3. The highest BCUT2D eigenvalue weighted by molar-refractivity contribution is 5.98. The van der Waals surface area contributed by atoms with Crippen LogP contribution in [0.3, 0.4) is 0 Å². The van der Waals surface area contributed by atoms with E-state index < -0.39 is 11.6 Å². The smallest absolute Gasteiger partial charge is 0.350 e. The fraction of sp³-hybridized carbons (Fsp3) is 0.292. The number of nitrogens with zero attached hydrogens (tertiary/aromatic N) is 4.